The summed E-state index contributed by atoms with van der Waals surface area (Å²) in [5.41, 5.74) is 6.83. The number of amides is 1. The molecule has 5 rings (SSSR count). The van der Waals surface area contributed by atoms with Crippen LogP contribution in [0.3, 0.4) is 0 Å². The maximum absolute atomic E-state index is 13.9. The van der Waals surface area contributed by atoms with Gasteiger partial charge in [-0.25, -0.2) is 19.2 Å². The Bertz CT molecular complexity index is 1580. The van der Waals surface area contributed by atoms with Gasteiger partial charge in [0, 0.05) is 11.6 Å². The van der Waals surface area contributed by atoms with E-state index < -0.39 is 17.4 Å². The van der Waals surface area contributed by atoms with Crippen LogP contribution in [-0.2, 0) is 6.54 Å². The van der Waals surface area contributed by atoms with Crippen molar-refractivity contribution in [2.45, 2.75) is 13.5 Å². The van der Waals surface area contributed by atoms with Crippen LogP contribution in [0.4, 0.5) is 4.39 Å². The molecule has 166 valence electrons. The molecular weight excluding hydrogens is 429 g/mol. The molecule has 2 aromatic carbocycles. The number of aromatic nitrogens is 6. The molecule has 3 aromatic heterocycles. The molecule has 0 aliphatic rings. The Kier molecular flexibility index (Phi) is 4.85. The highest BCUT2D eigenvalue weighted by Crippen LogP contribution is 2.23. The molecule has 0 spiro atoms. The summed E-state index contributed by atoms with van der Waals surface area (Å²) in [7, 11) is 0. The van der Waals surface area contributed by atoms with Gasteiger partial charge in [-0.05, 0) is 25.1 Å². The number of carbonyl (C=O) groups is 1. The summed E-state index contributed by atoms with van der Waals surface area (Å²) in [6.45, 7) is 2.46. The molecule has 0 bridgehead atoms. The van der Waals surface area contributed by atoms with Gasteiger partial charge in [0.05, 0.1) is 24.2 Å². The smallest absolute Gasteiger partial charge is 0.328 e. The van der Waals surface area contributed by atoms with Crippen molar-refractivity contribution in [2.75, 3.05) is 6.61 Å². The first-order valence-corrected chi connectivity index (χ1v) is 10.1. The Morgan fingerprint density at radius 3 is 2.82 bits per heavy atom. The molecule has 5 aromatic rings. The summed E-state index contributed by atoms with van der Waals surface area (Å²) in [5, 5.41) is 0. The SMILES string of the molecule is CCOc1ccccc1Cn1c(=O)[nH]c2c(C(N)=O)nc(-n3cnc4ccc(F)cc43)nc21. The van der Waals surface area contributed by atoms with Crippen LogP contribution in [0.25, 0.3) is 28.1 Å². The molecule has 0 saturated heterocycles. The summed E-state index contributed by atoms with van der Waals surface area (Å²) in [6, 6.07) is 11.4. The van der Waals surface area contributed by atoms with Crippen LogP contribution < -0.4 is 16.2 Å². The molecule has 33 heavy (non-hydrogen) atoms. The molecule has 3 heterocycles. The van der Waals surface area contributed by atoms with Crippen LogP contribution in [0.1, 0.15) is 23.0 Å². The summed E-state index contributed by atoms with van der Waals surface area (Å²) >= 11 is 0. The van der Waals surface area contributed by atoms with Crippen molar-refractivity contribution in [3.05, 3.63) is 76.4 Å². The van der Waals surface area contributed by atoms with Crippen molar-refractivity contribution in [3.63, 3.8) is 0 Å². The predicted octanol–water partition coefficient (Wildman–Crippen LogP) is 2.14. The van der Waals surface area contributed by atoms with Gasteiger partial charge in [-0.15, -0.1) is 0 Å². The Morgan fingerprint density at radius 1 is 1.21 bits per heavy atom. The van der Waals surface area contributed by atoms with Crippen molar-refractivity contribution in [1.82, 2.24) is 29.1 Å². The molecule has 3 N–H and O–H groups in total. The van der Waals surface area contributed by atoms with Gasteiger partial charge >= 0.3 is 5.69 Å². The molecular formula is C22H18FN7O3. The normalized spacial score (nSPS) is 11.3. The van der Waals surface area contributed by atoms with E-state index in [0.29, 0.717) is 23.4 Å². The maximum Gasteiger partial charge on any atom is 0.328 e. The first-order valence-electron chi connectivity index (χ1n) is 10.1. The minimum absolute atomic E-state index is 0.0234. The monoisotopic (exact) mass is 447 g/mol. The fourth-order valence-electron chi connectivity index (χ4n) is 3.69. The molecule has 0 aliphatic carbocycles. The molecule has 0 fully saturated rings. The molecule has 1 amide bonds. The number of para-hydroxylation sites is 1. The van der Waals surface area contributed by atoms with E-state index in [2.05, 4.69) is 19.9 Å². The average Bonchev–Trinajstić information content (AvgIpc) is 3.35. The van der Waals surface area contributed by atoms with Gasteiger partial charge in [0.1, 0.15) is 23.4 Å². The number of nitrogens with one attached hydrogen (secondary N) is 1. The minimum Gasteiger partial charge on any atom is -0.494 e. The molecule has 0 atom stereocenters. The average molecular weight is 447 g/mol. The zero-order valence-electron chi connectivity index (χ0n) is 17.4. The molecule has 0 saturated carbocycles. The molecule has 0 aliphatic heterocycles. The maximum atomic E-state index is 13.9. The quantitative estimate of drug-likeness (QED) is 0.410. The summed E-state index contributed by atoms with van der Waals surface area (Å²) < 4.78 is 22.3. The second-order valence-electron chi connectivity index (χ2n) is 7.24. The van der Waals surface area contributed by atoms with Crippen LogP contribution in [0.2, 0.25) is 0 Å². The number of halogens is 1. The van der Waals surface area contributed by atoms with Crippen molar-refractivity contribution in [3.8, 4) is 11.7 Å². The van der Waals surface area contributed by atoms with E-state index in [4.69, 9.17) is 10.5 Å². The number of ether oxygens (including phenoxy) is 1. The molecule has 0 unspecified atom stereocenters. The number of hydrogen-bond donors (Lipinski definition) is 2. The lowest BCUT2D eigenvalue weighted by molar-refractivity contribution is 0.0997. The van der Waals surface area contributed by atoms with Gasteiger partial charge in [-0.3, -0.25) is 13.9 Å². The number of H-pyrrole nitrogens is 1. The lowest BCUT2D eigenvalue weighted by Gasteiger charge is -2.11. The third-order valence-corrected chi connectivity index (χ3v) is 5.17. The zero-order chi connectivity index (χ0) is 23.1. The van der Waals surface area contributed by atoms with E-state index >= 15 is 0 Å². The number of aromatic amines is 1. The molecule has 10 nitrogen and oxygen atoms in total. The van der Waals surface area contributed by atoms with E-state index in [9.17, 15) is 14.0 Å². The van der Waals surface area contributed by atoms with Crippen LogP contribution in [0.5, 0.6) is 5.75 Å². The standard InChI is InChI=1S/C22H18FN7O3/c1-2-33-16-6-4-3-5-12(16)10-29-20-18(27-22(29)32)17(19(24)31)26-21(28-20)30-11-25-14-8-7-13(23)9-15(14)30/h3-9,11H,2,10H2,1H3,(H2,24,31)(H,27,32). The van der Waals surface area contributed by atoms with Gasteiger partial charge < -0.3 is 15.5 Å². The first-order chi connectivity index (χ1) is 16.0. The van der Waals surface area contributed by atoms with Crippen molar-refractivity contribution >= 4 is 28.1 Å². The van der Waals surface area contributed by atoms with E-state index in [1.165, 1.54) is 33.7 Å². The van der Waals surface area contributed by atoms with Gasteiger partial charge in [0.25, 0.3) is 5.91 Å². The number of rotatable bonds is 6. The fourth-order valence-corrected chi connectivity index (χ4v) is 3.69. The Labute approximate surface area is 185 Å². The highest BCUT2D eigenvalue weighted by atomic mass is 19.1. The van der Waals surface area contributed by atoms with Gasteiger partial charge in [0.15, 0.2) is 11.3 Å². The van der Waals surface area contributed by atoms with E-state index in [1.807, 2.05) is 25.1 Å². The predicted molar refractivity (Wildman–Crippen MR) is 118 cm³/mol. The second kappa shape index (κ2) is 7.86. The summed E-state index contributed by atoms with van der Waals surface area (Å²) in [6.07, 6.45) is 1.41. The third kappa shape index (κ3) is 3.49. The second-order valence-corrected chi connectivity index (χ2v) is 7.24. The van der Waals surface area contributed by atoms with E-state index in [-0.39, 0.29) is 29.4 Å². The molecule has 0 radical (unpaired) electrons. The number of fused-ring (bicyclic) bond motifs is 2. The van der Waals surface area contributed by atoms with E-state index in [1.54, 1.807) is 6.07 Å². The van der Waals surface area contributed by atoms with Crippen LogP contribution >= 0.6 is 0 Å². The zero-order valence-corrected chi connectivity index (χ0v) is 17.4. The fraction of sp³-hybridized carbons (Fsp3) is 0.136. The summed E-state index contributed by atoms with van der Waals surface area (Å²) in [5.74, 6) is -0.661. The van der Waals surface area contributed by atoms with Crippen LogP contribution in [-0.4, -0.2) is 41.6 Å². The topological polar surface area (TPSA) is 134 Å². The van der Waals surface area contributed by atoms with Gasteiger partial charge in [-0.2, -0.15) is 4.98 Å². The Morgan fingerprint density at radius 2 is 2.03 bits per heavy atom. The number of nitrogens with zero attached hydrogens (tertiary/aromatic N) is 5. The largest absolute Gasteiger partial charge is 0.494 e. The number of imidazole rings is 2. The minimum atomic E-state index is -0.845. The summed E-state index contributed by atoms with van der Waals surface area (Å²) in [4.78, 5) is 40.6. The van der Waals surface area contributed by atoms with Crippen LogP contribution in [0, 0.1) is 5.82 Å². The number of hydrogen-bond acceptors (Lipinski definition) is 6. The van der Waals surface area contributed by atoms with Crippen molar-refractivity contribution in [2.24, 2.45) is 5.73 Å². The molecule has 11 heteroatoms. The van der Waals surface area contributed by atoms with Gasteiger partial charge in [-0.1, -0.05) is 18.2 Å². The van der Waals surface area contributed by atoms with Crippen LogP contribution in [0.15, 0.2) is 53.6 Å². The Balaban J connectivity index is 1.73. The highest BCUT2D eigenvalue weighted by Gasteiger charge is 2.21. The lowest BCUT2D eigenvalue weighted by Crippen LogP contribution is -2.18. The lowest BCUT2D eigenvalue weighted by atomic mass is 10.2. The van der Waals surface area contributed by atoms with E-state index in [0.717, 1.165) is 5.56 Å². The third-order valence-electron chi connectivity index (χ3n) is 5.17. The Hall–Kier alpha value is -4.54. The number of benzene rings is 2. The van der Waals surface area contributed by atoms with Crippen molar-refractivity contribution in [1.29, 1.82) is 0 Å². The number of nitrogens with two attached hydrogens (primary N) is 1. The highest BCUT2D eigenvalue weighted by molar-refractivity contribution is 6.01. The first kappa shape index (κ1) is 20.4. The van der Waals surface area contributed by atoms with Crippen molar-refractivity contribution < 1.29 is 13.9 Å². The number of carbonyl (C=O) groups excluding carboxylic acids is 1. The van der Waals surface area contributed by atoms with Gasteiger partial charge in [0.2, 0.25) is 5.95 Å². The number of primary amides is 1.